The van der Waals surface area contributed by atoms with Crippen LogP contribution in [0.3, 0.4) is 0 Å². The van der Waals surface area contributed by atoms with Gasteiger partial charge in [0.25, 0.3) is 0 Å². The summed E-state index contributed by atoms with van der Waals surface area (Å²) in [4.78, 5) is 49.5. The first kappa shape index (κ1) is 25.5. The number of benzene rings is 1. The van der Waals surface area contributed by atoms with Crippen LogP contribution in [0.15, 0.2) is 0 Å². The lowest BCUT2D eigenvalue weighted by molar-refractivity contribution is -0.166. The Labute approximate surface area is 196 Å². The standard InChI is InChI=1S/C24H30O10/c1-10(26)33-9-12(8-25)14-17(28)15-16(20(31)18(14)29)24(5)7-6-13(34-11(2)27)23(3,4)22(24)21(32)19(15)30/h12-13,22,25,28-29,31H,6-9H2,1-5H3. The maximum Gasteiger partial charge on any atom is 0.302 e. The molecule has 1 aromatic carbocycles. The van der Waals surface area contributed by atoms with E-state index < -0.39 is 93.9 Å². The van der Waals surface area contributed by atoms with Gasteiger partial charge in [0.1, 0.15) is 18.5 Å². The Morgan fingerprint density at radius 1 is 1.03 bits per heavy atom. The van der Waals surface area contributed by atoms with Gasteiger partial charge in [-0.05, 0) is 12.8 Å². The number of aliphatic hydroxyl groups excluding tert-OH is 1. The number of ether oxygens (including phenoxy) is 2. The molecular weight excluding hydrogens is 448 g/mol. The SMILES string of the molecule is CC(=O)OCC(CO)c1c(O)c(O)c2c(c1O)C(=O)C(=O)C1C2(C)CCC(OC(C)=O)C1(C)C. The summed E-state index contributed by atoms with van der Waals surface area (Å²) in [5.41, 5.74) is -3.09. The van der Waals surface area contributed by atoms with Crippen molar-refractivity contribution in [2.24, 2.45) is 11.3 Å². The normalized spacial score (nSPS) is 26.3. The van der Waals surface area contributed by atoms with Gasteiger partial charge in [0.05, 0.1) is 12.2 Å². The molecule has 0 radical (unpaired) electrons. The number of aliphatic hydroxyl groups is 1. The summed E-state index contributed by atoms with van der Waals surface area (Å²) in [6.07, 6.45) is -0.129. The molecule has 1 aromatic rings. The smallest absolute Gasteiger partial charge is 0.302 e. The number of hydrogen-bond donors (Lipinski definition) is 4. The predicted octanol–water partition coefficient (Wildman–Crippen LogP) is 1.83. The van der Waals surface area contributed by atoms with Crippen molar-refractivity contribution < 1.29 is 49.1 Å². The van der Waals surface area contributed by atoms with Gasteiger partial charge in [0, 0.05) is 47.6 Å². The summed E-state index contributed by atoms with van der Waals surface area (Å²) in [6, 6.07) is 0. The molecule has 0 saturated heterocycles. The van der Waals surface area contributed by atoms with Crippen LogP contribution in [0.2, 0.25) is 0 Å². The lowest BCUT2D eigenvalue weighted by atomic mass is 9.48. The van der Waals surface area contributed by atoms with Crippen LogP contribution in [0.4, 0.5) is 0 Å². The molecule has 2 aliphatic rings. The zero-order valence-electron chi connectivity index (χ0n) is 19.8. The van der Waals surface area contributed by atoms with Crippen molar-refractivity contribution in [2.45, 2.75) is 64.9 Å². The Bertz CT molecular complexity index is 1070. The average molecular weight is 478 g/mol. The molecule has 1 fully saturated rings. The van der Waals surface area contributed by atoms with Gasteiger partial charge in [-0.2, -0.15) is 0 Å². The van der Waals surface area contributed by atoms with Crippen molar-refractivity contribution in [3.05, 3.63) is 16.7 Å². The number of carbonyl (C=O) groups is 4. The maximum absolute atomic E-state index is 13.4. The van der Waals surface area contributed by atoms with Gasteiger partial charge < -0.3 is 29.9 Å². The topological polar surface area (TPSA) is 168 Å². The second-order valence-corrected chi connectivity index (χ2v) is 9.89. The first-order valence-electron chi connectivity index (χ1n) is 11.0. The first-order valence-corrected chi connectivity index (χ1v) is 11.0. The fourth-order valence-corrected chi connectivity index (χ4v) is 5.85. The highest BCUT2D eigenvalue weighted by Gasteiger charge is 2.62. The van der Waals surface area contributed by atoms with Crippen molar-refractivity contribution in [2.75, 3.05) is 13.2 Å². The van der Waals surface area contributed by atoms with E-state index in [2.05, 4.69) is 0 Å². The zero-order valence-corrected chi connectivity index (χ0v) is 19.8. The van der Waals surface area contributed by atoms with Gasteiger partial charge in [-0.3, -0.25) is 19.2 Å². The fraction of sp³-hybridized carbons (Fsp3) is 0.583. The largest absolute Gasteiger partial charge is 0.507 e. The van der Waals surface area contributed by atoms with Crippen LogP contribution in [0.25, 0.3) is 0 Å². The Morgan fingerprint density at radius 3 is 2.18 bits per heavy atom. The number of carbonyl (C=O) groups excluding carboxylic acids is 4. The number of hydrogen-bond acceptors (Lipinski definition) is 10. The van der Waals surface area contributed by atoms with E-state index in [1.807, 2.05) is 0 Å². The molecule has 0 bridgehead atoms. The Kier molecular flexibility index (Phi) is 6.43. The van der Waals surface area contributed by atoms with E-state index in [4.69, 9.17) is 9.47 Å². The minimum atomic E-state index is -1.18. The molecule has 0 aliphatic heterocycles. The highest BCUT2D eigenvalue weighted by molar-refractivity contribution is 6.47. The average Bonchev–Trinajstić information content (AvgIpc) is 2.73. The van der Waals surface area contributed by atoms with Gasteiger partial charge in [-0.15, -0.1) is 0 Å². The van der Waals surface area contributed by atoms with Crippen molar-refractivity contribution in [1.29, 1.82) is 0 Å². The van der Waals surface area contributed by atoms with E-state index in [1.165, 1.54) is 6.92 Å². The van der Waals surface area contributed by atoms with Crippen LogP contribution in [0, 0.1) is 11.3 Å². The summed E-state index contributed by atoms with van der Waals surface area (Å²) in [5.74, 6) is -7.47. The molecule has 4 atom stereocenters. The second kappa shape index (κ2) is 8.57. The number of aromatic hydroxyl groups is 3. The van der Waals surface area contributed by atoms with Crippen molar-refractivity contribution in [3.8, 4) is 17.2 Å². The minimum absolute atomic E-state index is 0.0700. The van der Waals surface area contributed by atoms with E-state index in [0.29, 0.717) is 6.42 Å². The number of phenolic OH excluding ortho intramolecular Hbond substituents is 3. The number of fused-ring (bicyclic) bond motifs is 3. The minimum Gasteiger partial charge on any atom is -0.507 e. The quantitative estimate of drug-likeness (QED) is 0.212. The van der Waals surface area contributed by atoms with Crippen molar-refractivity contribution >= 4 is 23.5 Å². The van der Waals surface area contributed by atoms with Crippen LogP contribution in [-0.2, 0) is 29.3 Å². The third-order valence-corrected chi connectivity index (χ3v) is 7.30. The van der Waals surface area contributed by atoms with Crippen LogP contribution < -0.4 is 0 Å². The number of phenols is 3. The molecule has 186 valence electrons. The Hall–Kier alpha value is -3.14. The summed E-state index contributed by atoms with van der Waals surface area (Å²) >= 11 is 0. The van der Waals surface area contributed by atoms with Gasteiger partial charge >= 0.3 is 11.9 Å². The molecule has 10 nitrogen and oxygen atoms in total. The molecule has 2 aliphatic carbocycles. The number of Topliss-reactive ketones (excluding diaryl/α,β-unsaturated/α-hetero) is 2. The van der Waals surface area contributed by atoms with E-state index >= 15 is 0 Å². The molecule has 3 rings (SSSR count). The lowest BCUT2D eigenvalue weighted by Gasteiger charge is -2.55. The molecule has 34 heavy (non-hydrogen) atoms. The van der Waals surface area contributed by atoms with Gasteiger partial charge in [0.15, 0.2) is 11.5 Å². The van der Waals surface area contributed by atoms with E-state index in [-0.39, 0.29) is 12.0 Å². The summed E-state index contributed by atoms with van der Waals surface area (Å²) < 4.78 is 10.3. The summed E-state index contributed by atoms with van der Waals surface area (Å²) in [5, 5.41) is 42.7. The second-order valence-electron chi connectivity index (χ2n) is 9.89. The molecule has 0 aromatic heterocycles. The Balaban J connectivity index is 2.24. The van der Waals surface area contributed by atoms with Crippen molar-refractivity contribution in [3.63, 3.8) is 0 Å². The van der Waals surface area contributed by atoms with Crippen LogP contribution in [0.5, 0.6) is 17.2 Å². The molecule has 10 heteroatoms. The molecular formula is C24H30O10. The summed E-state index contributed by atoms with van der Waals surface area (Å²) in [7, 11) is 0. The lowest BCUT2D eigenvalue weighted by Crippen LogP contribution is -2.60. The van der Waals surface area contributed by atoms with Crippen LogP contribution in [0.1, 0.15) is 74.9 Å². The first-order chi connectivity index (χ1) is 15.7. The van der Waals surface area contributed by atoms with Crippen LogP contribution in [-0.4, -0.2) is 63.2 Å². The molecule has 4 N–H and O–H groups in total. The number of ketones is 2. The third kappa shape index (κ3) is 3.70. The summed E-state index contributed by atoms with van der Waals surface area (Å²) in [6.45, 7) is 6.32. The van der Waals surface area contributed by atoms with E-state index in [0.717, 1.165) is 6.92 Å². The number of rotatable bonds is 5. The molecule has 0 heterocycles. The Morgan fingerprint density at radius 2 is 1.65 bits per heavy atom. The highest BCUT2D eigenvalue weighted by atomic mass is 16.5. The predicted molar refractivity (Wildman–Crippen MR) is 117 cm³/mol. The van der Waals surface area contributed by atoms with Crippen molar-refractivity contribution in [1.82, 2.24) is 0 Å². The van der Waals surface area contributed by atoms with Gasteiger partial charge in [-0.1, -0.05) is 20.8 Å². The highest BCUT2D eigenvalue weighted by Crippen LogP contribution is 2.61. The fourth-order valence-electron chi connectivity index (χ4n) is 5.85. The third-order valence-electron chi connectivity index (χ3n) is 7.30. The maximum atomic E-state index is 13.4. The van der Waals surface area contributed by atoms with Gasteiger partial charge in [-0.25, -0.2) is 0 Å². The van der Waals surface area contributed by atoms with Crippen LogP contribution >= 0.6 is 0 Å². The molecule has 1 saturated carbocycles. The van der Waals surface area contributed by atoms with E-state index in [1.54, 1.807) is 20.8 Å². The van der Waals surface area contributed by atoms with Gasteiger partial charge in [0.2, 0.25) is 11.6 Å². The van der Waals surface area contributed by atoms with E-state index in [9.17, 15) is 39.6 Å². The monoisotopic (exact) mass is 478 g/mol. The molecule has 0 spiro atoms. The molecule has 0 amide bonds. The number of esters is 2. The molecule has 4 unspecified atom stereocenters. The zero-order chi connectivity index (χ0) is 25.7.